The summed E-state index contributed by atoms with van der Waals surface area (Å²) in [6.45, 7) is 0.645. The summed E-state index contributed by atoms with van der Waals surface area (Å²) in [7, 11) is 3.97. The molecular weight excluding hydrogens is 352 g/mol. The van der Waals surface area contributed by atoms with Gasteiger partial charge in [0, 0.05) is 22.0 Å². The first kappa shape index (κ1) is 17.7. The lowest BCUT2D eigenvalue weighted by atomic mass is 9.98. The summed E-state index contributed by atoms with van der Waals surface area (Å²) in [5.41, 5.74) is 9.51. The number of rotatable bonds is 5. The van der Waals surface area contributed by atoms with Gasteiger partial charge in [-0.3, -0.25) is 4.79 Å². The molecule has 3 nitrogen and oxygen atoms in total. The van der Waals surface area contributed by atoms with E-state index in [9.17, 15) is 4.79 Å². The number of ketones is 1. The molecule has 3 aromatic rings. The van der Waals surface area contributed by atoms with Crippen molar-refractivity contribution >= 4 is 33.7 Å². The van der Waals surface area contributed by atoms with E-state index in [0.29, 0.717) is 27.7 Å². The van der Waals surface area contributed by atoms with E-state index in [1.165, 1.54) is 11.3 Å². The second-order valence-electron chi connectivity index (χ2n) is 6.09. The third-order valence-electron chi connectivity index (χ3n) is 3.88. The van der Waals surface area contributed by atoms with Crippen LogP contribution in [0.1, 0.15) is 21.5 Å². The first-order valence-corrected chi connectivity index (χ1v) is 9.08. The molecule has 0 aliphatic rings. The van der Waals surface area contributed by atoms with E-state index in [2.05, 4.69) is 0 Å². The van der Waals surface area contributed by atoms with Gasteiger partial charge in [0.25, 0.3) is 0 Å². The lowest BCUT2D eigenvalue weighted by Gasteiger charge is -2.13. The van der Waals surface area contributed by atoms with Crippen LogP contribution in [0.3, 0.4) is 0 Å². The zero-order valence-corrected chi connectivity index (χ0v) is 15.7. The van der Waals surface area contributed by atoms with Gasteiger partial charge in [-0.1, -0.05) is 41.9 Å². The van der Waals surface area contributed by atoms with Crippen LogP contribution in [0.4, 0.5) is 5.00 Å². The number of anilines is 1. The maximum atomic E-state index is 13.1. The average molecular weight is 371 g/mol. The highest BCUT2D eigenvalue weighted by Crippen LogP contribution is 2.40. The first-order chi connectivity index (χ1) is 12.0. The minimum atomic E-state index is -0.0653. The molecule has 0 atom stereocenters. The minimum absolute atomic E-state index is 0.0653. The summed E-state index contributed by atoms with van der Waals surface area (Å²) < 4.78 is 0. The number of carbonyl (C=O) groups is 1. The van der Waals surface area contributed by atoms with Gasteiger partial charge in [-0.2, -0.15) is 0 Å². The number of nitrogen functional groups attached to an aromatic ring is 1. The Morgan fingerprint density at radius 2 is 1.72 bits per heavy atom. The van der Waals surface area contributed by atoms with Gasteiger partial charge < -0.3 is 10.6 Å². The normalized spacial score (nSPS) is 11.0. The first-order valence-electron chi connectivity index (χ1n) is 7.89. The molecule has 2 N–H and O–H groups in total. The third-order valence-corrected chi connectivity index (χ3v) is 5.24. The van der Waals surface area contributed by atoms with Crippen molar-refractivity contribution in [2.24, 2.45) is 0 Å². The number of hydrogen-bond donors (Lipinski definition) is 1. The van der Waals surface area contributed by atoms with E-state index in [1.807, 2.05) is 49.3 Å². The quantitative estimate of drug-likeness (QED) is 0.647. The number of hydrogen-bond acceptors (Lipinski definition) is 4. The zero-order valence-electron chi connectivity index (χ0n) is 14.1. The van der Waals surface area contributed by atoms with E-state index in [4.69, 9.17) is 17.3 Å². The Labute approximate surface area is 156 Å². The lowest BCUT2D eigenvalue weighted by molar-refractivity contribution is 0.103. The Morgan fingerprint density at radius 3 is 2.32 bits per heavy atom. The monoisotopic (exact) mass is 370 g/mol. The van der Waals surface area contributed by atoms with Crippen molar-refractivity contribution < 1.29 is 4.79 Å². The van der Waals surface area contributed by atoms with Gasteiger partial charge in [-0.15, -0.1) is 11.3 Å². The summed E-state index contributed by atoms with van der Waals surface area (Å²) in [5.74, 6) is -0.0653. The van der Waals surface area contributed by atoms with Crippen molar-refractivity contribution in [2.75, 3.05) is 19.8 Å². The van der Waals surface area contributed by atoms with Crippen molar-refractivity contribution in [3.8, 4) is 10.4 Å². The maximum absolute atomic E-state index is 13.1. The highest BCUT2D eigenvalue weighted by molar-refractivity contribution is 7.20. The molecule has 1 heterocycles. The Hall–Kier alpha value is -2.14. The highest BCUT2D eigenvalue weighted by atomic mass is 35.5. The van der Waals surface area contributed by atoms with Gasteiger partial charge in [0.05, 0.1) is 10.6 Å². The van der Waals surface area contributed by atoms with Gasteiger partial charge in [0.1, 0.15) is 0 Å². The molecule has 128 valence electrons. The Bertz CT molecular complexity index is 886. The van der Waals surface area contributed by atoms with Gasteiger partial charge in [-0.25, -0.2) is 0 Å². The van der Waals surface area contributed by atoms with Crippen molar-refractivity contribution in [3.05, 3.63) is 76.3 Å². The molecule has 0 amide bonds. The fraction of sp³-hybridized carbons (Fsp3) is 0.150. The molecule has 0 saturated heterocycles. The molecule has 0 radical (unpaired) electrons. The number of nitrogens with two attached hydrogens (primary N) is 1. The fourth-order valence-electron chi connectivity index (χ4n) is 2.77. The second kappa shape index (κ2) is 7.40. The molecule has 0 fully saturated rings. The number of thiophene rings is 1. The largest absolute Gasteiger partial charge is 0.390 e. The molecule has 0 unspecified atom stereocenters. The molecule has 0 saturated carbocycles. The van der Waals surface area contributed by atoms with Crippen LogP contribution in [-0.2, 0) is 6.54 Å². The van der Waals surface area contributed by atoms with Crippen LogP contribution in [0.5, 0.6) is 0 Å². The fourth-order valence-corrected chi connectivity index (χ4v) is 3.98. The van der Waals surface area contributed by atoms with E-state index >= 15 is 0 Å². The van der Waals surface area contributed by atoms with Gasteiger partial charge in [0.15, 0.2) is 5.78 Å². The van der Waals surface area contributed by atoms with Gasteiger partial charge >= 0.3 is 0 Å². The van der Waals surface area contributed by atoms with Crippen LogP contribution in [0.2, 0.25) is 5.02 Å². The van der Waals surface area contributed by atoms with Gasteiger partial charge in [0.2, 0.25) is 0 Å². The number of halogens is 1. The molecule has 1 aromatic heterocycles. The molecule has 5 heteroatoms. The number of benzene rings is 2. The van der Waals surface area contributed by atoms with E-state index < -0.39 is 0 Å². The standard InChI is InChI=1S/C20H19ClN2OS/c1-23(2)12-16-17(18(24)13-8-10-15(21)11-9-13)20(22)25-19(16)14-6-4-3-5-7-14/h3-11H,12,22H2,1-2H3. The van der Waals surface area contributed by atoms with Crippen molar-refractivity contribution in [1.29, 1.82) is 0 Å². The maximum Gasteiger partial charge on any atom is 0.196 e. The molecule has 0 spiro atoms. The minimum Gasteiger partial charge on any atom is -0.390 e. The van der Waals surface area contributed by atoms with Gasteiger partial charge in [-0.05, 0) is 49.5 Å². The molecule has 2 aromatic carbocycles. The Kier molecular flexibility index (Phi) is 5.23. The second-order valence-corrected chi connectivity index (χ2v) is 7.58. The summed E-state index contributed by atoms with van der Waals surface area (Å²) >= 11 is 7.40. The average Bonchev–Trinajstić information content (AvgIpc) is 2.91. The number of carbonyl (C=O) groups excluding carboxylic acids is 1. The summed E-state index contributed by atoms with van der Waals surface area (Å²) in [6.07, 6.45) is 0. The van der Waals surface area contributed by atoms with Crippen molar-refractivity contribution in [3.63, 3.8) is 0 Å². The predicted octanol–water partition coefficient (Wildman–Crippen LogP) is 4.94. The Morgan fingerprint density at radius 1 is 1.08 bits per heavy atom. The van der Waals surface area contributed by atoms with Crippen LogP contribution in [0.25, 0.3) is 10.4 Å². The molecule has 0 aliphatic heterocycles. The van der Waals surface area contributed by atoms with Crippen molar-refractivity contribution in [2.45, 2.75) is 6.54 Å². The summed E-state index contributed by atoms with van der Waals surface area (Å²) in [5, 5.41) is 1.16. The highest BCUT2D eigenvalue weighted by Gasteiger charge is 2.24. The zero-order chi connectivity index (χ0) is 18.0. The van der Waals surface area contributed by atoms with Crippen LogP contribution in [-0.4, -0.2) is 24.8 Å². The van der Waals surface area contributed by atoms with Crippen molar-refractivity contribution in [1.82, 2.24) is 4.90 Å². The van der Waals surface area contributed by atoms with Crippen LogP contribution < -0.4 is 5.73 Å². The van der Waals surface area contributed by atoms with E-state index in [-0.39, 0.29) is 5.78 Å². The molecule has 3 rings (SSSR count). The van der Waals surface area contributed by atoms with Crippen LogP contribution >= 0.6 is 22.9 Å². The molecule has 25 heavy (non-hydrogen) atoms. The smallest absolute Gasteiger partial charge is 0.196 e. The molecule has 0 bridgehead atoms. The number of nitrogens with zero attached hydrogens (tertiary/aromatic N) is 1. The predicted molar refractivity (Wildman–Crippen MR) is 106 cm³/mol. The third kappa shape index (κ3) is 3.76. The lowest BCUT2D eigenvalue weighted by Crippen LogP contribution is -2.15. The summed E-state index contributed by atoms with van der Waals surface area (Å²) in [6, 6.07) is 17.0. The topological polar surface area (TPSA) is 46.3 Å². The van der Waals surface area contributed by atoms with E-state index in [0.717, 1.165) is 16.0 Å². The van der Waals surface area contributed by atoms with Crippen LogP contribution in [0, 0.1) is 0 Å². The van der Waals surface area contributed by atoms with E-state index in [1.54, 1.807) is 24.3 Å². The SMILES string of the molecule is CN(C)Cc1c(-c2ccccc2)sc(N)c1C(=O)c1ccc(Cl)cc1. The van der Waals surface area contributed by atoms with Crippen LogP contribution in [0.15, 0.2) is 54.6 Å². The molecule has 0 aliphatic carbocycles. The Balaban J connectivity index is 2.14. The molecular formula is C20H19ClN2OS. The summed E-state index contributed by atoms with van der Waals surface area (Å²) in [4.78, 5) is 16.2.